The first-order valence-electron chi connectivity index (χ1n) is 10.3. The highest BCUT2D eigenvalue weighted by atomic mass is 35.5. The molecule has 156 valence electrons. The third-order valence-corrected chi connectivity index (χ3v) is 6.78. The normalized spacial score (nSPS) is 15.3. The van der Waals surface area contributed by atoms with Gasteiger partial charge in [-0.15, -0.1) is 10.2 Å². The first-order valence-corrected chi connectivity index (χ1v) is 11.6. The number of hydrogen-bond donors (Lipinski definition) is 1. The molecule has 1 unspecified atom stereocenters. The summed E-state index contributed by atoms with van der Waals surface area (Å²) in [5, 5.41) is 13.1. The van der Waals surface area contributed by atoms with E-state index in [2.05, 4.69) is 27.6 Å². The summed E-state index contributed by atoms with van der Waals surface area (Å²) in [5.41, 5.74) is 1.97. The van der Waals surface area contributed by atoms with E-state index in [0.717, 1.165) is 24.0 Å². The third kappa shape index (κ3) is 4.87. The van der Waals surface area contributed by atoms with Gasteiger partial charge < -0.3 is 5.32 Å². The molecule has 0 aliphatic heterocycles. The summed E-state index contributed by atoms with van der Waals surface area (Å²) in [7, 11) is 0. The summed E-state index contributed by atoms with van der Waals surface area (Å²) >= 11 is 7.88. The van der Waals surface area contributed by atoms with Crippen LogP contribution >= 0.6 is 23.4 Å². The van der Waals surface area contributed by atoms with Gasteiger partial charge in [0, 0.05) is 11.6 Å². The van der Waals surface area contributed by atoms with Gasteiger partial charge in [0.25, 0.3) is 0 Å². The fraction of sp³-hybridized carbons (Fsp3) is 0.348. The zero-order valence-electron chi connectivity index (χ0n) is 16.9. The van der Waals surface area contributed by atoms with Crippen molar-refractivity contribution in [2.45, 2.75) is 55.6 Å². The lowest BCUT2D eigenvalue weighted by Crippen LogP contribution is -2.37. The molecular weight excluding hydrogens is 416 g/mol. The van der Waals surface area contributed by atoms with E-state index in [1.807, 2.05) is 54.0 Å². The Morgan fingerprint density at radius 1 is 1.13 bits per heavy atom. The number of nitrogens with zero attached hydrogens (tertiary/aromatic N) is 3. The van der Waals surface area contributed by atoms with Crippen LogP contribution in [0.15, 0.2) is 59.8 Å². The van der Waals surface area contributed by atoms with Crippen LogP contribution in [0.2, 0.25) is 5.02 Å². The van der Waals surface area contributed by atoms with E-state index in [1.165, 1.54) is 24.6 Å². The predicted molar refractivity (Wildman–Crippen MR) is 122 cm³/mol. The molecule has 3 aromatic rings. The van der Waals surface area contributed by atoms with E-state index in [-0.39, 0.29) is 11.2 Å². The van der Waals surface area contributed by atoms with Crippen molar-refractivity contribution < 1.29 is 4.79 Å². The summed E-state index contributed by atoms with van der Waals surface area (Å²) in [4.78, 5) is 12.7. The fourth-order valence-electron chi connectivity index (χ4n) is 3.73. The molecule has 1 aromatic heterocycles. The standard InChI is InChI=1S/C23H25ClN4OS/c1-16(22(29)25-18-11-5-6-12-18)30-23-27-26-21(19-13-7-8-14-20(19)24)28(23)15-17-9-3-2-4-10-17/h2-4,7-10,13-14,16,18H,5-6,11-12,15H2,1H3,(H,25,29). The lowest BCUT2D eigenvalue weighted by atomic mass is 10.2. The molecule has 5 nitrogen and oxygen atoms in total. The van der Waals surface area contributed by atoms with Crippen molar-refractivity contribution in [3.63, 3.8) is 0 Å². The number of rotatable bonds is 7. The largest absolute Gasteiger partial charge is 0.352 e. The minimum Gasteiger partial charge on any atom is -0.352 e. The number of nitrogens with one attached hydrogen (secondary N) is 1. The monoisotopic (exact) mass is 440 g/mol. The highest BCUT2D eigenvalue weighted by Gasteiger charge is 2.24. The van der Waals surface area contributed by atoms with Gasteiger partial charge in [-0.1, -0.05) is 78.7 Å². The molecule has 0 spiro atoms. The fourth-order valence-corrected chi connectivity index (χ4v) is 4.80. The van der Waals surface area contributed by atoms with Crippen molar-refractivity contribution in [1.29, 1.82) is 0 Å². The molecule has 1 amide bonds. The van der Waals surface area contributed by atoms with Gasteiger partial charge >= 0.3 is 0 Å². The molecule has 1 aliphatic carbocycles. The van der Waals surface area contributed by atoms with Crippen molar-refractivity contribution in [2.75, 3.05) is 0 Å². The van der Waals surface area contributed by atoms with Crippen LogP contribution in [0.1, 0.15) is 38.2 Å². The lowest BCUT2D eigenvalue weighted by molar-refractivity contribution is -0.120. The Labute approximate surface area is 186 Å². The summed E-state index contributed by atoms with van der Waals surface area (Å²) < 4.78 is 2.04. The molecule has 0 radical (unpaired) electrons. The molecule has 1 atom stereocenters. The number of benzene rings is 2. The molecule has 2 aromatic carbocycles. The Morgan fingerprint density at radius 2 is 1.83 bits per heavy atom. The minimum absolute atomic E-state index is 0.0560. The number of halogens is 1. The van der Waals surface area contributed by atoms with Crippen LogP contribution in [0.25, 0.3) is 11.4 Å². The second-order valence-electron chi connectivity index (χ2n) is 7.61. The van der Waals surface area contributed by atoms with Gasteiger partial charge in [0.2, 0.25) is 5.91 Å². The van der Waals surface area contributed by atoms with E-state index >= 15 is 0 Å². The summed E-state index contributed by atoms with van der Waals surface area (Å²) in [5.74, 6) is 0.760. The zero-order chi connectivity index (χ0) is 20.9. The molecule has 1 fully saturated rings. The molecule has 4 rings (SSSR count). The van der Waals surface area contributed by atoms with Crippen molar-refractivity contribution >= 4 is 29.3 Å². The second kappa shape index (κ2) is 9.67. The Bertz CT molecular complexity index is 1000. The third-order valence-electron chi connectivity index (χ3n) is 5.37. The van der Waals surface area contributed by atoms with Crippen LogP contribution in [0.4, 0.5) is 0 Å². The van der Waals surface area contributed by atoms with E-state index in [4.69, 9.17) is 11.6 Å². The van der Waals surface area contributed by atoms with E-state index in [9.17, 15) is 4.79 Å². The van der Waals surface area contributed by atoms with Gasteiger partial charge in [-0.25, -0.2) is 0 Å². The van der Waals surface area contributed by atoms with E-state index in [1.54, 1.807) is 0 Å². The van der Waals surface area contributed by atoms with Gasteiger partial charge in [0.1, 0.15) is 0 Å². The van der Waals surface area contributed by atoms with Gasteiger partial charge in [0.15, 0.2) is 11.0 Å². The van der Waals surface area contributed by atoms with Crippen molar-refractivity contribution in [1.82, 2.24) is 20.1 Å². The maximum Gasteiger partial charge on any atom is 0.233 e. The topological polar surface area (TPSA) is 59.8 Å². The highest BCUT2D eigenvalue weighted by molar-refractivity contribution is 8.00. The van der Waals surface area contributed by atoms with Crippen molar-refractivity contribution in [3.05, 3.63) is 65.2 Å². The highest BCUT2D eigenvalue weighted by Crippen LogP contribution is 2.31. The number of aromatic nitrogens is 3. The summed E-state index contributed by atoms with van der Waals surface area (Å²) in [6, 6.07) is 18.1. The molecule has 7 heteroatoms. The molecule has 1 aliphatic rings. The molecule has 30 heavy (non-hydrogen) atoms. The average molecular weight is 441 g/mol. The maximum atomic E-state index is 12.7. The Balaban J connectivity index is 1.60. The molecule has 0 bridgehead atoms. The summed E-state index contributed by atoms with van der Waals surface area (Å²) in [6.07, 6.45) is 4.53. The van der Waals surface area contributed by atoms with Crippen molar-refractivity contribution in [3.8, 4) is 11.4 Å². The predicted octanol–water partition coefficient (Wildman–Crippen LogP) is 5.19. The Kier molecular flexibility index (Phi) is 6.75. The Hall–Kier alpha value is -2.31. The second-order valence-corrected chi connectivity index (χ2v) is 9.32. The number of thioether (sulfide) groups is 1. The first kappa shape index (κ1) is 20.9. The first-order chi connectivity index (χ1) is 14.6. The molecular formula is C23H25ClN4OS. The Morgan fingerprint density at radius 3 is 2.57 bits per heavy atom. The number of carbonyl (C=O) groups excluding carboxylic acids is 1. The van der Waals surface area contributed by atoms with Crippen LogP contribution < -0.4 is 5.32 Å². The average Bonchev–Trinajstić information content (AvgIpc) is 3.40. The van der Waals surface area contributed by atoms with Gasteiger partial charge in [-0.2, -0.15) is 0 Å². The van der Waals surface area contributed by atoms with Gasteiger partial charge in [-0.3, -0.25) is 9.36 Å². The van der Waals surface area contributed by atoms with Crippen LogP contribution in [-0.4, -0.2) is 32.0 Å². The molecule has 1 heterocycles. The van der Waals surface area contributed by atoms with Crippen LogP contribution in [0.5, 0.6) is 0 Å². The smallest absolute Gasteiger partial charge is 0.233 e. The summed E-state index contributed by atoms with van der Waals surface area (Å²) in [6.45, 7) is 2.53. The van der Waals surface area contributed by atoms with E-state index < -0.39 is 0 Å². The number of amides is 1. The van der Waals surface area contributed by atoms with Crippen molar-refractivity contribution in [2.24, 2.45) is 0 Å². The van der Waals surface area contributed by atoms with Gasteiger partial charge in [0.05, 0.1) is 16.8 Å². The van der Waals surface area contributed by atoms with Crippen LogP contribution in [-0.2, 0) is 11.3 Å². The minimum atomic E-state index is -0.261. The van der Waals surface area contributed by atoms with E-state index in [0.29, 0.717) is 28.6 Å². The SMILES string of the molecule is CC(Sc1nnc(-c2ccccc2Cl)n1Cc1ccccc1)C(=O)NC1CCCC1. The zero-order valence-corrected chi connectivity index (χ0v) is 18.5. The lowest BCUT2D eigenvalue weighted by Gasteiger charge is -2.17. The number of hydrogen-bond acceptors (Lipinski definition) is 4. The van der Waals surface area contributed by atoms with Crippen LogP contribution in [0.3, 0.4) is 0 Å². The molecule has 0 saturated heterocycles. The quantitative estimate of drug-likeness (QED) is 0.514. The maximum absolute atomic E-state index is 12.7. The molecule has 1 N–H and O–H groups in total. The molecule has 1 saturated carbocycles. The number of carbonyl (C=O) groups is 1. The van der Waals surface area contributed by atoms with Gasteiger partial charge in [-0.05, 0) is 37.5 Å². The van der Waals surface area contributed by atoms with Crippen LogP contribution in [0, 0.1) is 0 Å².